The second kappa shape index (κ2) is 10.9. The van der Waals surface area contributed by atoms with Crippen LogP contribution in [0.4, 0.5) is 17.5 Å². The molecule has 0 atom stereocenters. The maximum absolute atomic E-state index is 11.0. The minimum Gasteiger partial charge on any atom is -0.398 e. The van der Waals surface area contributed by atoms with Gasteiger partial charge in [-0.3, -0.25) is 4.79 Å². The highest BCUT2D eigenvalue weighted by molar-refractivity contribution is 5.89. The third-order valence-electron chi connectivity index (χ3n) is 6.51. The molecule has 38 heavy (non-hydrogen) atoms. The molecule has 1 aliphatic heterocycles. The highest BCUT2D eigenvalue weighted by Gasteiger charge is 2.24. The van der Waals surface area contributed by atoms with Crippen molar-refractivity contribution in [2.45, 2.75) is 19.9 Å². The number of aryl methyl sites for hydroxylation is 1. The fourth-order valence-corrected chi connectivity index (χ4v) is 4.44. The van der Waals surface area contributed by atoms with Crippen molar-refractivity contribution < 1.29 is 9.53 Å². The van der Waals surface area contributed by atoms with Crippen LogP contribution in [0, 0.1) is 5.41 Å². The minimum absolute atomic E-state index is 0.430. The molecule has 1 saturated heterocycles. The van der Waals surface area contributed by atoms with Crippen molar-refractivity contribution in [1.82, 2.24) is 29.5 Å². The molecule has 12 heteroatoms. The molecule has 1 aliphatic rings. The van der Waals surface area contributed by atoms with E-state index >= 15 is 0 Å². The summed E-state index contributed by atoms with van der Waals surface area (Å²) in [7, 11) is 1.94. The monoisotopic (exact) mass is 514 g/mol. The van der Waals surface area contributed by atoms with Crippen molar-refractivity contribution >= 4 is 41.1 Å². The number of nitrogens with one attached hydrogen (secondary N) is 1. The van der Waals surface area contributed by atoms with Gasteiger partial charge in [0.25, 0.3) is 0 Å². The molecular formula is C26H30N10O2. The molecule has 12 nitrogen and oxygen atoms in total. The number of nitrogen functional groups attached to an aromatic ring is 1. The summed E-state index contributed by atoms with van der Waals surface area (Å²) in [6.07, 6.45) is 5.90. The van der Waals surface area contributed by atoms with Crippen molar-refractivity contribution in [3.05, 3.63) is 47.5 Å². The van der Waals surface area contributed by atoms with Crippen molar-refractivity contribution in [1.29, 1.82) is 5.41 Å². The van der Waals surface area contributed by atoms with Gasteiger partial charge in [-0.2, -0.15) is 0 Å². The van der Waals surface area contributed by atoms with Gasteiger partial charge in [0.2, 0.25) is 5.95 Å². The first-order valence-electron chi connectivity index (χ1n) is 12.5. The van der Waals surface area contributed by atoms with E-state index < -0.39 is 0 Å². The topological polar surface area (TPSA) is 152 Å². The lowest BCUT2D eigenvalue weighted by molar-refractivity contribution is 0.112. The van der Waals surface area contributed by atoms with E-state index in [0.717, 1.165) is 29.9 Å². The lowest BCUT2D eigenvalue weighted by Crippen LogP contribution is -2.37. The van der Waals surface area contributed by atoms with Gasteiger partial charge in [0.05, 0.1) is 25.3 Å². The van der Waals surface area contributed by atoms with Crippen LogP contribution in [0.3, 0.4) is 0 Å². The maximum atomic E-state index is 11.0. The molecule has 4 heterocycles. The number of nitrogens with two attached hydrogens (primary N) is 1. The predicted octanol–water partition coefficient (Wildman–Crippen LogP) is 2.47. The van der Waals surface area contributed by atoms with Crippen LogP contribution in [0.1, 0.15) is 35.1 Å². The van der Waals surface area contributed by atoms with E-state index in [4.69, 9.17) is 30.8 Å². The standard InChI is InChI=1S/C26H30N10O2/c1-3-6-36(26-29-13-17(16-37)14-30-26)15-21-31-22-24(34(21)2)32-23(18-4-5-20(28)19(11-18)12-27)33-25(22)35-7-9-38-10-8-35/h4-5,11-14,16,27H,3,6-10,15,28H2,1-2H3. The highest BCUT2D eigenvalue weighted by atomic mass is 16.5. The summed E-state index contributed by atoms with van der Waals surface area (Å²) in [5, 5.41) is 7.69. The molecule has 3 N–H and O–H groups in total. The largest absolute Gasteiger partial charge is 0.398 e. The summed E-state index contributed by atoms with van der Waals surface area (Å²) in [5.74, 6) is 2.60. The number of hydrogen-bond acceptors (Lipinski definition) is 11. The second-order valence-corrected chi connectivity index (χ2v) is 9.07. The summed E-state index contributed by atoms with van der Waals surface area (Å²) in [6, 6.07) is 5.46. The number of nitrogens with zero attached hydrogens (tertiary/aromatic N) is 8. The number of hydrogen-bond donors (Lipinski definition) is 2. The van der Waals surface area contributed by atoms with Crippen molar-refractivity contribution in [3.63, 3.8) is 0 Å². The third-order valence-corrected chi connectivity index (χ3v) is 6.51. The molecule has 1 fully saturated rings. The van der Waals surface area contributed by atoms with Gasteiger partial charge in [-0.1, -0.05) is 6.92 Å². The number of anilines is 3. The summed E-state index contributed by atoms with van der Waals surface area (Å²) in [6.45, 7) is 5.88. The average molecular weight is 515 g/mol. The lowest BCUT2D eigenvalue weighted by atomic mass is 10.1. The molecular weight excluding hydrogens is 484 g/mol. The van der Waals surface area contributed by atoms with Gasteiger partial charge in [0, 0.05) is 62.1 Å². The first kappa shape index (κ1) is 25.2. The van der Waals surface area contributed by atoms with E-state index in [1.165, 1.54) is 18.6 Å². The third kappa shape index (κ3) is 4.90. The average Bonchev–Trinajstić information content (AvgIpc) is 3.27. The fourth-order valence-electron chi connectivity index (χ4n) is 4.44. The predicted molar refractivity (Wildman–Crippen MR) is 146 cm³/mol. The normalized spacial score (nSPS) is 13.6. The molecule has 0 aliphatic carbocycles. The second-order valence-electron chi connectivity index (χ2n) is 9.07. The molecule has 0 unspecified atom stereocenters. The van der Waals surface area contributed by atoms with E-state index in [0.29, 0.717) is 79.1 Å². The molecule has 0 saturated carbocycles. The Labute approximate surface area is 220 Å². The van der Waals surface area contributed by atoms with Gasteiger partial charge in [0.1, 0.15) is 5.82 Å². The van der Waals surface area contributed by atoms with Crippen LogP contribution >= 0.6 is 0 Å². The molecule has 0 radical (unpaired) electrons. The van der Waals surface area contributed by atoms with E-state index in [2.05, 4.69) is 21.8 Å². The van der Waals surface area contributed by atoms with Crippen LogP contribution in [0.25, 0.3) is 22.6 Å². The van der Waals surface area contributed by atoms with Gasteiger partial charge < -0.3 is 30.2 Å². The number of carbonyl (C=O) groups excluding carboxylic acids is 1. The van der Waals surface area contributed by atoms with Crippen molar-refractivity contribution in [2.24, 2.45) is 7.05 Å². The molecule has 0 bridgehead atoms. The number of fused-ring (bicyclic) bond motifs is 1. The van der Waals surface area contributed by atoms with Gasteiger partial charge in [-0.25, -0.2) is 24.9 Å². The number of morpholine rings is 1. The summed E-state index contributed by atoms with van der Waals surface area (Å²) < 4.78 is 7.55. The Kier molecular flexibility index (Phi) is 7.22. The number of imidazole rings is 1. The zero-order valence-electron chi connectivity index (χ0n) is 21.5. The summed E-state index contributed by atoms with van der Waals surface area (Å²) in [5.41, 5.74) is 9.77. The quantitative estimate of drug-likeness (QED) is 0.193. The van der Waals surface area contributed by atoms with Crippen LogP contribution in [-0.4, -0.2) is 74.8 Å². The smallest absolute Gasteiger partial charge is 0.225 e. The number of aromatic nitrogens is 6. The number of benzene rings is 1. The summed E-state index contributed by atoms with van der Waals surface area (Å²) in [4.78, 5) is 38.9. The number of ether oxygens (including phenoxy) is 1. The fraction of sp³-hybridized carbons (Fsp3) is 0.346. The zero-order valence-corrected chi connectivity index (χ0v) is 21.5. The van der Waals surface area contributed by atoms with Gasteiger partial charge >= 0.3 is 0 Å². The molecule has 4 aromatic rings. The molecule has 196 valence electrons. The molecule has 0 amide bonds. The van der Waals surface area contributed by atoms with E-state index in [-0.39, 0.29) is 0 Å². The summed E-state index contributed by atoms with van der Waals surface area (Å²) >= 11 is 0. The maximum Gasteiger partial charge on any atom is 0.225 e. The van der Waals surface area contributed by atoms with E-state index in [1.54, 1.807) is 6.07 Å². The molecule has 1 aromatic carbocycles. The van der Waals surface area contributed by atoms with Gasteiger partial charge in [0.15, 0.2) is 29.1 Å². The number of rotatable bonds is 9. The Balaban J connectivity index is 1.60. The van der Waals surface area contributed by atoms with E-state index in [1.807, 2.05) is 28.6 Å². The van der Waals surface area contributed by atoms with Crippen molar-refractivity contribution in [3.8, 4) is 11.4 Å². The van der Waals surface area contributed by atoms with Gasteiger partial charge in [-0.15, -0.1) is 0 Å². The van der Waals surface area contributed by atoms with Crippen LogP contribution in [0.5, 0.6) is 0 Å². The van der Waals surface area contributed by atoms with Gasteiger partial charge in [-0.05, 0) is 24.6 Å². The highest BCUT2D eigenvalue weighted by Crippen LogP contribution is 2.30. The number of carbonyl (C=O) groups is 1. The van der Waals surface area contributed by atoms with Crippen LogP contribution < -0.4 is 15.5 Å². The van der Waals surface area contributed by atoms with Crippen LogP contribution in [0.15, 0.2) is 30.6 Å². The zero-order chi connectivity index (χ0) is 26.6. The lowest BCUT2D eigenvalue weighted by Gasteiger charge is -2.28. The molecule has 5 rings (SSSR count). The Morgan fingerprint density at radius 3 is 2.61 bits per heavy atom. The first-order chi connectivity index (χ1) is 18.5. The Hall–Kier alpha value is -4.45. The van der Waals surface area contributed by atoms with E-state index in [9.17, 15) is 4.79 Å². The van der Waals surface area contributed by atoms with Crippen LogP contribution in [0.2, 0.25) is 0 Å². The van der Waals surface area contributed by atoms with Crippen LogP contribution in [-0.2, 0) is 18.3 Å². The molecule has 0 spiro atoms. The first-order valence-corrected chi connectivity index (χ1v) is 12.5. The Morgan fingerprint density at radius 2 is 1.92 bits per heavy atom. The molecule has 3 aromatic heterocycles. The SMILES string of the molecule is CCCN(Cc1nc2c(N3CCOCC3)nc(-c3ccc(N)c(C=N)c3)nc2n1C)c1ncc(C=O)cn1. The van der Waals surface area contributed by atoms with Crippen molar-refractivity contribution in [2.75, 3.05) is 48.4 Å². The minimum atomic E-state index is 0.430. The number of aldehydes is 1. The Morgan fingerprint density at radius 1 is 1.16 bits per heavy atom. The Bertz CT molecular complexity index is 1460.